The number of nitrogens with zero attached hydrogens (tertiary/aromatic N) is 4. The highest BCUT2D eigenvalue weighted by atomic mass is 35.5. The van der Waals surface area contributed by atoms with Gasteiger partial charge in [0.15, 0.2) is 5.16 Å². The van der Waals surface area contributed by atoms with Crippen LogP contribution in [0.15, 0.2) is 53.7 Å². The first-order valence-corrected chi connectivity index (χ1v) is 10.7. The number of carbonyl (C=O) groups excluding carboxylic acids is 1. The zero-order valence-corrected chi connectivity index (χ0v) is 17.2. The average molecular weight is 413 g/mol. The van der Waals surface area contributed by atoms with Crippen molar-refractivity contribution in [1.82, 2.24) is 19.7 Å². The Morgan fingerprint density at radius 1 is 1.11 bits per heavy atom. The van der Waals surface area contributed by atoms with E-state index in [9.17, 15) is 4.79 Å². The van der Waals surface area contributed by atoms with E-state index in [-0.39, 0.29) is 5.91 Å². The van der Waals surface area contributed by atoms with Crippen LogP contribution >= 0.6 is 23.4 Å². The highest BCUT2D eigenvalue weighted by Gasteiger charge is 2.19. The van der Waals surface area contributed by atoms with Crippen molar-refractivity contribution in [2.45, 2.75) is 30.7 Å². The van der Waals surface area contributed by atoms with E-state index in [0.29, 0.717) is 5.02 Å². The van der Waals surface area contributed by atoms with Crippen molar-refractivity contribution in [3.8, 4) is 5.69 Å². The molecule has 3 aromatic rings. The molecule has 0 radical (unpaired) electrons. The second-order valence-electron chi connectivity index (χ2n) is 6.83. The summed E-state index contributed by atoms with van der Waals surface area (Å²) in [4.78, 5) is 14.4. The summed E-state index contributed by atoms with van der Waals surface area (Å²) in [5.41, 5.74) is 2.85. The number of aryl methyl sites for hydroxylation is 1. The summed E-state index contributed by atoms with van der Waals surface area (Å²) in [5.74, 6) is 1.70. The van der Waals surface area contributed by atoms with E-state index in [0.717, 1.165) is 59.5 Å². The average Bonchev–Trinajstić information content (AvgIpc) is 3.36. The number of carbonyl (C=O) groups is 1. The Balaban J connectivity index is 1.46. The monoisotopic (exact) mass is 412 g/mol. The lowest BCUT2D eigenvalue weighted by Gasteiger charge is -2.15. The highest BCUT2D eigenvalue weighted by Crippen LogP contribution is 2.26. The van der Waals surface area contributed by atoms with Crippen molar-refractivity contribution in [2.24, 2.45) is 0 Å². The maximum absolute atomic E-state index is 12.5. The van der Waals surface area contributed by atoms with E-state index in [1.54, 1.807) is 11.8 Å². The van der Waals surface area contributed by atoms with Crippen LogP contribution in [0.25, 0.3) is 5.69 Å². The van der Waals surface area contributed by atoms with Crippen LogP contribution in [0.5, 0.6) is 0 Å². The topological polar surface area (TPSA) is 51.0 Å². The molecule has 0 spiro atoms. The quantitative estimate of drug-likeness (QED) is 0.567. The summed E-state index contributed by atoms with van der Waals surface area (Å²) < 4.78 is 2.00. The van der Waals surface area contributed by atoms with Crippen LogP contribution in [0.3, 0.4) is 0 Å². The van der Waals surface area contributed by atoms with Gasteiger partial charge in [0.2, 0.25) is 0 Å². The van der Waals surface area contributed by atoms with E-state index >= 15 is 0 Å². The van der Waals surface area contributed by atoms with E-state index < -0.39 is 0 Å². The second-order valence-corrected chi connectivity index (χ2v) is 8.21. The molecule has 0 N–H and O–H groups in total. The normalized spacial score (nSPS) is 13.9. The van der Waals surface area contributed by atoms with E-state index in [2.05, 4.69) is 10.2 Å². The van der Waals surface area contributed by atoms with Crippen molar-refractivity contribution < 1.29 is 4.79 Å². The van der Waals surface area contributed by atoms with Crippen molar-refractivity contribution in [2.75, 3.05) is 13.1 Å². The highest BCUT2D eigenvalue weighted by molar-refractivity contribution is 7.98. The fourth-order valence-corrected chi connectivity index (χ4v) is 4.48. The molecule has 144 valence electrons. The van der Waals surface area contributed by atoms with Gasteiger partial charge in [-0.25, -0.2) is 0 Å². The Bertz CT molecular complexity index is 980. The number of aromatic nitrogens is 3. The number of rotatable bonds is 5. The number of thioether (sulfide) groups is 1. The van der Waals surface area contributed by atoms with Gasteiger partial charge in [-0.3, -0.25) is 9.36 Å². The number of halogens is 1. The molecule has 5 nitrogen and oxygen atoms in total. The van der Waals surface area contributed by atoms with Crippen LogP contribution in [0.2, 0.25) is 5.02 Å². The third-order valence-corrected chi connectivity index (χ3v) is 6.06. The van der Waals surface area contributed by atoms with Crippen LogP contribution in [0.1, 0.15) is 34.6 Å². The predicted molar refractivity (Wildman–Crippen MR) is 112 cm³/mol. The van der Waals surface area contributed by atoms with Crippen molar-refractivity contribution >= 4 is 29.3 Å². The maximum atomic E-state index is 12.5. The third kappa shape index (κ3) is 4.08. The number of amides is 1. The first-order valence-electron chi connectivity index (χ1n) is 9.31. The molecule has 4 rings (SSSR count). The van der Waals surface area contributed by atoms with Crippen LogP contribution in [0, 0.1) is 6.92 Å². The lowest BCUT2D eigenvalue weighted by atomic mass is 10.1. The Labute approximate surface area is 173 Å². The van der Waals surface area contributed by atoms with Crippen LogP contribution < -0.4 is 0 Å². The standard InChI is InChI=1S/C21H21ClN4OS/c1-15-23-24-21(26(15)19-6-4-5-18(22)13-19)28-14-16-7-9-17(10-8-16)20(27)25-11-2-3-12-25/h4-10,13H,2-3,11-12,14H2,1H3. The molecule has 1 aliphatic rings. The molecule has 1 aliphatic heterocycles. The molecule has 28 heavy (non-hydrogen) atoms. The number of hydrogen-bond acceptors (Lipinski definition) is 4. The van der Waals surface area contributed by atoms with Crippen LogP contribution in [0.4, 0.5) is 0 Å². The molecule has 0 aliphatic carbocycles. The van der Waals surface area contributed by atoms with Crippen LogP contribution in [-0.4, -0.2) is 38.7 Å². The molecule has 0 bridgehead atoms. The fraction of sp³-hybridized carbons (Fsp3) is 0.286. The first-order chi connectivity index (χ1) is 13.6. The van der Waals surface area contributed by atoms with Gasteiger partial charge >= 0.3 is 0 Å². The molecule has 7 heteroatoms. The number of hydrogen-bond donors (Lipinski definition) is 0. The predicted octanol–water partition coefficient (Wildman–Crippen LogP) is 4.76. The third-order valence-electron chi connectivity index (χ3n) is 4.82. The van der Waals surface area contributed by atoms with Gasteiger partial charge in [0, 0.05) is 29.4 Å². The zero-order valence-electron chi connectivity index (χ0n) is 15.6. The van der Waals surface area contributed by atoms with Gasteiger partial charge in [0.25, 0.3) is 5.91 Å². The van der Waals surface area contributed by atoms with Gasteiger partial charge in [-0.2, -0.15) is 0 Å². The smallest absolute Gasteiger partial charge is 0.253 e. The molecule has 0 saturated carbocycles. The lowest BCUT2D eigenvalue weighted by molar-refractivity contribution is 0.0793. The summed E-state index contributed by atoms with van der Waals surface area (Å²) >= 11 is 7.75. The molecule has 0 unspecified atom stereocenters. The maximum Gasteiger partial charge on any atom is 0.253 e. The second kappa shape index (κ2) is 8.37. The molecule has 2 heterocycles. The zero-order chi connectivity index (χ0) is 19.5. The molecule has 1 amide bonds. The van der Waals surface area contributed by atoms with Gasteiger partial charge in [-0.15, -0.1) is 10.2 Å². The molecular weight excluding hydrogens is 392 g/mol. The Kier molecular flexibility index (Phi) is 5.69. The minimum Gasteiger partial charge on any atom is -0.339 e. The van der Waals surface area contributed by atoms with Gasteiger partial charge in [0.1, 0.15) is 5.82 Å². The molecule has 2 aromatic carbocycles. The first kappa shape index (κ1) is 19.0. The van der Waals surface area contributed by atoms with Gasteiger partial charge < -0.3 is 4.90 Å². The Hall–Kier alpha value is -2.31. The SMILES string of the molecule is Cc1nnc(SCc2ccc(C(=O)N3CCCC3)cc2)n1-c1cccc(Cl)c1. The summed E-state index contributed by atoms with van der Waals surface area (Å²) in [5, 5.41) is 10.0. The molecular formula is C21H21ClN4OS. The van der Waals surface area contributed by atoms with E-state index in [1.165, 1.54) is 0 Å². The fourth-order valence-electron chi connectivity index (χ4n) is 3.34. The van der Waals surface area contributed by atoms with Crippen molar-refractivity contribution in [1.29, 1.82) is 0 Å². The number of benzene rings is 2. The van der Waals surface area contributed by atoms with Gasteiger partial charge in [-0.1, -0.05) is 41.6 Å². The minimum absolute atomic E-state index is 0.132. The molecule has 1 aromatic heterocycles. The largest absolute Gasteiger partial charge is 0.339 e. The minimum atomic E-state index is 0.132. The van der Waals surface area contributed by atoms with Crippen molar-refractivity contribution in [3.63, 3.8) is 0 Å². The van der Waals surface area contributed by atoms with Crippen molar-refractivity contribution in [3.05, 3.63) is 70.5 Å². The summed E-state index contributed by atoms with van der Waals surface area (Å²) in [6, 6.07) is 15.5. The van der Waals surface area contributed by atoms with E-state index in [1.807, 2.05) is 64.9 Å². The summed E-state index contributed by atoms with van der Waals surface area (Å²) in [6.07, 6.45) is 2.21. The lowest BCUT2D eigenvalue weighted by Crippen LogP contribution is -2.27. The summed E-state index contributed by atoms with van der Waals surface area (Å²) in [6.45, 7) is 3.67. The summed E-state index contributed by atoms with van der Waals surface area (Å²) in [7, 11) is 0. The Morgan fingerprint density at radius 2 is 1.86 bits per heavy atom. The van der Waals surface area contributed by atoms with Gasteiger partial charge in [-0.05, 0) is 55.7 Å². The van der Waals surface area contributed by atoms with Gasteiger partial charge in [0.05, 0.1) is 5.69 Å². The molecule has 0 atom stereocenters. The molecule has 1 saturated heterocycles. The van der Waals surface area contributed by atoms with Crippen LogP contribution in [-0.2, 0) is 5.75 Å². The number of likely N-dealkylation sites (tertiary alicyclic amines) is 1. The van der Waals surface area contributed by atoms with E-state index in [4.69, 9.17) is 11.6 Å². The Morgan fingerprint density at radius 3 is 2.57 bits per heavy atom. The molecule has 1 fully saturated rings.